The van der Waals surface area contributed by atoms with E-state index in [1.165, 1.54) is 11.1 Å². The number of nitrogens with zero attached hydrogens (tertiary/aromatic N) is 1. The molecule has 21 heavy (non-hydrogen) atoms. The molecule has 1 fully saturated rings. The second-order valence-corrected chi connectivity index (χ2v) is 8.17. The van der Waals surface area contributed by atoms with Gasteiger partial charge in [-0.25, -0.2) is 0 Å². The van der Waals surface area contributed by atoms with Crippen molar-refractivity contribution in [2.75, 3.05) is 0 Å². The van der Waals surface area contributed by atoms with Crippen LogP contribution < -0.4 is 5.46 Å². The minimum atomic E-state index is -0.350. The predicted octanol–water partition coefficient (Wildman–Crippen LogP) is 3.30. The Morgan fingerprint density at radius 1 is 1.00 bits per heavy atom. The summed E-state index contributed by atoms with van der Waals surface area (Å²) in [6.07, 6.45) is 1.95. The molecule has 0 aliphatic carbocycles. The fourth-order valence-electron chi connectivity index (χ4n) is 2.56. The molecule has 2 heterocycles. The van der Waals surface area contributed by atoms with Crippen molar-refractivity contribution in [3.8, 4) is 0 Å². The van der Waals surface area contributed by atoms with Gasteiger partial charge in [-0.05, 0) is 52.7 Å². The van der Waals surface area contributed by atoms with Crippen LogP contribution in [-0.2, 0) is 14.7 Å². The molecule has 0 amide bonds. The van der Waals surface area contributed by atoms with Crippen LogP contribution in [0.1, 0.15) is 65.3 Å². The van der Waals surface area contributed by atoms with Crippen molar-refractivity contribution in [1.29, 1.82) is 0 Å². The molecule has 1 aliphatic rings. The van der Waals surface area contributed by atoms with Crippen LogP contribution in [0, 0.1) is 13.8 Å². The fraction of sp³-hybridized carbons (Fsp3) is 0.706. The maximum atomic E-state index is 6.26. The van der Waals surface area contributed by atoms with Gasteiger partial charge in [-0.1, -0.05) is 20.8 Å². The summed E-state index contributed by atoms with van der Waals surface area (Å²) in [4.78, 5) is 4.69. The van der Waals surface area contributed by atoms with Gasteiger partial charge in [0.25, 0.3) is 0 Å². The SMILES string of the molecule is Cc1cnc(C(C)(C)C)c(B2OC(C)(C)C(C)(C)O2)c1C. The molecular weight excluding hydrogens is 261 g/mol. The molecule has 0 bridgehead atoms. The van der Waals surface area contributed by atoms with Crippen molar-refractivity contribution in [2.24, 2.45) is 0 Å². The Balaban J connectivity index is 2.57. The molecule has 0 unspecified atom stereocenters. The van der Waals surface area contributed by atoms with E-state index in [1.807, 2.05) is 6.20 Å². The maximum absolute atomic E-state index is 6.26. The molecule has 0 radical (unpaired) electrons. The zero-order chi connectivity index (χ0) is 16.2. The van der Waals surface area contributed by atoms with Crippen LogP contribution in [0.25, 0.3) is 0 Å². The smallest absolute Gasteiger partial charge is 0.399 e. The third-order valence-corrected chi connectivity index (χ3v) is 4.84. The van der Waals surface area contributed by atoms with Crippen molar-refractivity contribution in [3.05, 3.63) is 23.0 Å². The van der Waals surface area contributed by atoms with Crippen LogP contribution in [0.4, 0.5) is 0 Å². The summed E-state index contributed by atoms with van der Waals surface area (Å²) in [6, 6.07) is 0. The molecule has 1 aromatic rings. The molecule has 0 saturated carbocycles. The molecule has 4 heteroatoms. The molecule has 3 nitrogen and oxygen atoms in total. The second-order valence-electron chi connectivity index (χ2n) is 8.17. The Hall–Kier alpha value is -0.865. The normalized spacial score (nSPS) is 20.9. The van der Waals surface area contributed by atoms with E-state index in [4.69, 9.17) is 14.3 Å². The predicted molar refractivity (Wildman–Crippen MR) is 88.1 cm³/mol. The Bertz CT molecular complexity index is 543. The molecule has 0 atom stereocenters. The summed E-state index contributed by atoms with van der Waals surface area (Å²) in [5, 5.41) is 0. The van der Waals surface area contributed by atoms with E-state index in [2.05, 4.69) is 62.3 Å². The number of pyridine rings is 1. The Morgan fingerprint density at radius 2 is 1.48 bits per heavy atom. The first-order chi connectivity index (χ1) is 9.37. The lowest BCUT2D eigenvalue weighted by atomic mass is 9.69. The van der Waals surface area contributed by atoms with Crippen LogP contribution in [0.5, 0.6) is 0 Å². The number of aryl methyl sites for hydroxylation is 1. The molecule has 116 valence electrons. The van der Waals surface area contributed by atoms with E-state index in [0.717, 1.165) is 11.2 Å². The van der Waals surface area contributed by atoms with Crippen molar-refractivity contribution in [1.82, 2.24) is 4.98 Å². The largest absolute Gasteiger partial charge is 0.497 e. The Morgan fingerprint density at radius 3 is 1.90 bits per heavy atom. The standard InChI is InChI=1S/C17H28BNO2/c1-11-10-19-14(15(3,4)5)13(12(11)2)18-20-16(6,7)17(8,9)21-18/h10H,1-9H3. The molecular formula is C17H28BNO2. The zero-order valence-corrected chi connectivity index (χ0v) is 14.9. The van der Waals surface area contributed by atoms with Crippen LogP contribution >= 0.6 is 0 Å². The van der Waals surface area contributed by atoms with E-state index in [-0.39, 0.29) is 23.7 Å². The summed E-state index contributed by atoms with van der Waals surface area (Å²) in [5.74, 6) is 0. The number of aromatic nitrogens is 1. The van der Waals surface area contributed by atoms with Gasteiger partial charge in [-0.15, -0.1) is 0 Å². The van der Waals surface area contributed by atoms with Crippen molar-refractivity contribution in [3.63, 3.8) is 0 Å². The molecule has 1 aromatic heterocycles. The van der Waals surface area contributed by atoms with Gasteiger partial charge in [0.05, 0.1) is 11.2 Å². The van der Waals surface area contributed by atoms with Gasteiger partial charge in [-0.2, -0.15) is 0 Å². The number of hydrogen-bond acceptors (Lipinski definition) is 3. The van der Waals surface area contributed by atoms with Crippen LogP contribution in [0.3, 0.4) is 0 Å². The monoisotopic (exact) mass is 289 g/mol. The van der Waals surface area contributed by atoms with Gasteiger partial charge in [0.15, 0.2) is 0 Å². The highest BCUT2D eigenvalue weighted by atomic mass is 16.7. The average molecular weight is 289 g/mol. The lowest BCUT2D eigenvalue weighted by Gasteiger charge is -2.32. The van der Waals surface area contributed by atoms with E-state index in [1.54, 1.807) is 0 Å². The fourth-order valence-corrected chi connectivity index (χ4v) is 2.56. The quantitative estimate of drug-likeness (QED) is 0.743. The summed E-state index contributed by atoms with van der Waals surface area (Å²) >= 11 is 0. The third-order valence-electron chi connectivity index (χ3n) is 4.84. The summed E-state index contributed by atoms with van der Waals surface area (Å²) in [5.41, 5.74) is 3.84. The highest BCUT2D eigenvalue weighted by Gasteiger charge is 2.53. The van der Waals surface area contributed by atoms with Gasteiger partial charge in [0.2, 0.25) is 0 Å². The van der Waals surface area contributed by atoms with Crippen molar-refractivity contribution in [2.45, 2.75) is 78.9 Å². The van der Waals surface area contributed by atoms with Gasteiger partial charge in [0.1, 0.15) is 0 Å². The van der Waals surface area contributed by atoms with Gasteiger partial charge in [-0.3, -0.25) is 4.98 Å². The summed E-state index contributed by atoms with van der Waals surface area (Å²) < 4.78 is 12.5. The molecule has 1 saturated heterocycles. The van der Waals surface area contributed by atoms with E-state index < -0.39 is 0 Å². The van der Waals surface area contributed by atoms with Crippen LogP contribution in [-0.4, -0.2) is 23.3 Å². The van der Waals surface area contributed by atoms with Crippen molar-refractivity contribution < 1.29 is 9.31 Å². The highest BCUT2D eigenvalue weighted by Crippen LogP contribution is 2.37. The second kappa shape index (κ2) is 4.82. The lowest BCUT2D eigenvalue weighted by Crippen LogP contribution is -2.42. The van der Waals surface area contributed by atoms with Gasteiger partial charge >= 0.3 is 7.12 Å². The minimum Gasteiger partial charge on any atom is -0.399 e. The van der Waals surface area contributed by atoms with Crippen molar-refractivity contribution >= 4 is 12.6 Å². The number of hydrogen-bond donors (Lipinski definition) is 0. The molecule has 0 aromatic carbocycles. The highest BCUT2D eigenvalue weighted by molar-refractivity contribution is 6.63. The van der Waals surface area contributed by atoms with E-state index in [0.29, 0.717) is 0 Å². The van der Waals surface area contributed by atoms with Gasteiger partial charge in [0, 0.05) is 22.8 Å². The van der Waals surface area contributed by atoms with E-state index in [9.17, 15) is 0 Å². The Kier molecular flexibility index (Phi) is 3.79. The first kappa shape index (κ1) is 16.5. The summed E-state index contributed by atoms with van der Waals surface area (Å²) in [6.45, 7) is 19.1. The third kappa shape index (κ3) is 2.76. The molecule has 0 spiro atoms. The van der Waals surface area contributed by atoms with Crippen LogP contribution in [0.15, 0.2) is 6.20 Å². The first-order valence-electron chi connectivity index (χ1n) is 7.69. The topological polar surface area (TPSA) is 31.4 Å². The molecule has 1 aliphatic heterocycles. The number of rotatable bonds is 1. The average Bonchev–Trinajstić information content (AvgIpc) is 2.49. The van der Waals surface area contributed by atoms with Gasteiger partial charge < -0.3 is 9.31 Å². The molecule has 0 N–H and O–H groups in total. The minimum absolute atomic E-state index is 0.0443. The molecule has 2 rings (SSSR count). The van der Waals surface area contributed by atoms with E-state index >= 15 is 0 Å². The first-order valence-corrected chi connectivity index (χ1v) is 7.69. The lowest BCUT2D eigenvalue weighted by molar-refractivity contribution is 0.00578. The maximum Gasteiger partial charge on any atom is 0.497 e. The summed E-state index contributed by atoms with van der Waals surface area (Å²) in [7, 11) is -0.350. The Labute approximate surface area is 129 Å². The zero-order valence-electron chi connectivity index (χ0n) is 14.9. The van der Waals surface area contributed by atoms with Crippen LogP contribution in [0.2, 0.25) is 0 Å².